The van der Waals surface area contributed by atoms with Crippen molar-refractivity contribution in [3.63, 3.8) is 0 Å². The van der Waals surface area contributed by atoms with Crippen LogP contribution in [-0.2, 0) is 6.54 Å². The monoisotopic (exact) mass is 398 g/mol. The first kappa shape index (κ1) is 19.8. The largest absolute Gasteiger partial charge is 0.497 e. The third-order valence-electron chi connectivity index (χ3n) is 6.11. The van der Waals surface area contributed by atoms with E-state index in [4.69, 9.17) is 4.74 Å². The molecule has 7 heteroatoms. The molecule has 3 heterocycles. The summed E-state index contributed by atoms with van der Waals surface area (Å²) in [6, 6.07) is 4.88. The fraction of sp³-hybridized carbons (Fsp3) is 0.500. The highest BCUT2D eigenvalue weighted by molar-refractivity contribution is 5.92. The van der Waals surface area contributed by atoms with Crippen molar-refractivity contribution in [1.82, 2.24) is 19.8 Å². The second-order valence-electron chi connectivity index (χ2n) is 8.29. The zero-order valence-corrected chi connectivity index (χ0v) is 17.0. The van der Waals surface area contributed by atoms with Crippen LogP contribution in [0.3, 0.4) is 0 Å². The van der Waals surface area contributed by atoms with Gasteiger partial charge in [-0.15, -0.1) is 0 Å². The van der Waals surface area contributed by atoms with Crippen LogP contribution in [0, 0.1) is 18.2 Å². The molecular formula is C22H27FN4O2. The van der Waals surface area contributed by atoms with E-state index in [9.17, 15) is 9.18 Å². The number of halogens is 1. The number of hydrogen-bond donors (Lipinski definition) is 0. The van der Waals surface area contributed by atoms with Crippen LogP contribution in [0.5, 0.6) is 5.75 Å². The van der Waals surface area contributed by atoms with Crippen molar-refractivity contribution < 1.29 is 13.9 Å². The van der Waals surface area contributed by atoms with Gasteiger partial charge in [-0.1, -0.05) is 0 Å². The van der Waals surface area contributed by atoms with Crippen LogP contribution in [0.1, 0.15) is 41.0 Å². The fourth-order valence-corrected chi connectivity index (χ4v) is 4.59. The highest BCUT2D eigenvalue weighted by atomic mass is 19.1. The summed E-state index contributed by atoms with van der Waals surface area (Å²) in [5.74, 6) is 0.418. The number of carbonyl (C=O) groups is 1. The molecule has 2 saturated heterocycles. The fourth-order valence-electron chi connectivity index (χ4n) is 4.59. The van der Waals surface area contributed by atoms with Gasteiger partial charge in [-0.25, -0.2) is 9.37 Å². The third kappa shape index (κ3) is 4.24. The van der Waals surface area contributed by atoms with Crippen molar-refractivity contribution in [3.05, 3.63) is 53.4 Å². The zero-order valence-electron chi connectivity index (χ0n) is 17.0. The van der Waals surface area contributed by atoms with E-state index < -0.39 is 0 Å². The number of carbonyl (C=O) groups excluding carboxylic acids is 1. The molecule has 0 saturated carbocycles. The number of ether oxygens (including phenoxy) is 1. The number of nitrogens with zero attached hydrogens (tertiary/aromatic N) is 4. The molecule has 154 valence electrons. The summed E-state index contributed by atoms with van der Waals surface area (Å²) >= 11 is 0. The first-order chi connectivity index (χ1) is 14.0. The number of rotatable bonds is 4. The number of aryl methyl sites for hydroxylation is 1. The number of hydrogen-bond acceptors (Lipinski definition) is 5. The summed E-state index contributed by atoms with van der Waals surface area (Å²) in [6.07, 6.45) is 6.30. The van der Waals surface area contributed by atoms with Gasteiger partial charge in [0.15, 0.2) is 0 Å². The molecule has 2 fully saturated rings. The number of aromatic nitrogens is 2. The molecule has 2 aromatic rings. The molecule has 1 unspecified atom stereocenters. The molecule has 2 aliphatic rings. The Morgan fingerprint density at radius 2 is 2.07 bits per heavy atom. The van der Waals surface area contributed by atoms with Crippen molar-refractivity contribution in [2.45, 2.75) is 32.7 Å². The number of methoxy groups -OCH3 is 1. The summed E-state index contributed by atoms with van der Waals surface area (Å²) in [5, 5.41) is 0. The van der Waals surface area contributed by atoms with E-state index in [1.54, 1.807) is 31.6 Å². The number of amides is 1. The minimum absolute atomic E-state index is 0.0506. The normalized spacial score (nSPS) is 22.2. The van der Waals surface area contributed by atoms with Crippen LogP contribution in [0.4, 0.5) is 4.39 Å². The Bertz CT molecular complexity index is 889. The lowest BCUT2D eigenvalue weighted by Crippen LogP contribution is -2.45. The number of benzene rings is 1. The molecule has 1 aromatic heterocycles. The quantitative estimate of drug-likeness (QED) is 0.792. The highest BCUT2D eigenvalue weighted by Crippen LogP contribution is 2.40. The Hall–Kier alpha value is -2.54. The molecule has 0 bridgehead atoms. The molecule has 0 radical (unpaired) electrons. The van der Waals surface area contributed by atoms with E-state index in [2.05, 4.69) is 14.9 Å². The van der Waals surface area contributed by atoms with Gasteiger partial charge in [-0.2, -0.15) is 0 Å². The van der Waals surface area contributed by atoms with E-state index in [1.807, 2.05) is 11.8 Å². The summed E-state index contributed by atoms with van der Waals surface area (Å²) in [5.41, 5.74) is 1.93. The Morgan fingerprint density at radius 3 is 2.83 bits per heavy atom. The molecule has 0 aliphatic carbocycles. The van der Waals surface area contributed by atoms with Gasteiger partial charge in [0.1, 0.15) is 17.3 Å². The second kappa shape index (κ2) is 8.06. The minimum Gasteiger partial charge on any atom is -0.497 e. The molecule has 4 rings (SSSR count). The average Bonchev–Trinajstić information content (AvgIpc) is 3.13. The Balaban J connectivity index is 1.43. The van der Waals surface area contributed by atoms with Gasteiger partial charge in [0.2, 0.25) is 0 Å². The standard InChI is InChI=1S/C22H27FN4O2/c1-16-11-25-20(12-24-16)21(28)27-9-7-22(15-27)6-3-8-26(14-22)13-17-10-18(29-2)4-5-19(17)23/h4-5,10-12H,3,6-9,13-15H2,1-2H3. The maximum absolute atomic E-state index is 14.3. The molecule has 1 amide bonds. The van der Waals surface area contributed by atoms with Gasteiger partial charge in [0, 0.05) is 43.4 Å². The first-order valence-electron chi connectivity index (χ1n) is 10.1. The van der Waals surface area contributed by atoms with E-state index in [0.717, 1.165) is 51.1 Å². The number of piperidine rings is 1. The molecule has 1 atom stereocenters. The van der Waals surface area contributed by atoms with Crippen LogP contribution >= 0.6 is 0 Å². The third-order valence-corrected chi connectivity index (χ3v) is 6.11. The van der Waals surface area contributed by atoms with Crippen molar-refractivity contribution >= 4 is 5.91 Å². The van der Waals surface area contributed by atoms with Gasteiger partial charge < -0.3 is 9.64 Å². The maximum Gasteiger partial charge on any atom is 0.274 e. The van der Waals surface area contributed by atoms with Crippen LogP contribution < -0.4 is 4.74 Å². The van der Waals surface area contributed by atoms with Crippen LogP contribution in [-0.4, -0.2) is 59.0 Å². The van der Waals surface area contributed by atoms with Crippen molar-refractivity contribution in [2.24, 2.45) is 5.41 Å². The predicted octanol–water partition coefficient (Wildman–Crippen LogP) is 3.06. The molecular weight excluding hydrogens is 371 g/mol. The average molecular weight is 398 g/mol. The predicted molar refractivity (Wildman–Crippen MR) is 107 cm³/mol. The summed E-state index contributed by atoms with van der Waals surface area (Å²) in [7, 11) is 1.59. The van der Waals surface area contributed by atoms with Gasteiger partial charge >= 0.3 is 0 Å². The maximum atomic E-state index is 14.3. The van der Waals surface area contributed by atoms with E-state index in [-0.39, 0.29) is 17.1 Å². The van der Waals surface area contributed by atoms with E-state index in [1.165, 1.54) is 6.07 Å². The smallest absolute Gasteiger partial charge is 0.274 e. The SMILES string of the molecule is COc1ccc(F)c(CN2CCCC3(CCN(C(=O)c4cnc(C)cn4)C3)C2)c1. The molecule has 29 heavy (non-hydrogen) atoms. The Labute approximate surface area is 170 Å². The summed E-state index contributed by atoms with van der Waals surface area (Å²) < 4.78 is 19.5. The van der Waals surface area contributed by atoms with Gasteiger partial charge in [0.25, 0.3) is 5.91 Å². The lowest BCUT2D eigenvalue weighted by atomic mass is 9.79. The van der Waals surface area contributed by atoms with Gasteiger partial charge in [-0.05, 0) is 50.9 Å². The van der Waals surface area contributed by atoms with E-state index in [0.29, 0.717) is 23.6 Å². The van der Waals surface area contributed by atoms with Crippen molar-refractivity contribution in [2.75, 3.05) is 33.3 Å². The van der Waals surface area contributed by atoms with Crippen LogP contribution in [0.2, 0.25) is 0 Å². The summed E-state index contributed by atoms with van der Waals surface area (Å²) in [6.45, 7) is 5.67. The zero-order chi connectivity index (χ0) is 20.4. The second-order valence-corrected chi connectivity index (χ2v) is 8.29. The molecule has 2 aliphatic heterocycles. The topological polar surface area (TPSA) is 58.6 Å². The summed E-state index contributed by atoms with van der Waals surface area (Å²) in [4.78, 5) is 25.5. The van der Waals surface area contributed by atoms with Crippen LogP contribution in [0.15, 0.2) is 30.6 Å². The van der Waals surface area contributed by atoms with Gasteiger partial charge in [-0.3, -0.25) is 14.7 Å². The molecule has 6 nitrogen and oxygen atoms in total. The van der Waals surface area contributed by atoms with Gasteiger partial charge in [0.05, 0.1) is 19.0 Å². The number of likely N-dealkylation sites (tertiary alicyclic amines) is 2. The Morgan fingerprint density at radius 1 is 1.21 bits per heavy atom. The first-order valence-corrected chi connectivity index (χ1v) is 10.1. The Kier molecular flexibility index (Phi) is 5.50. The lowest BCUT2D eigenvalue weighted by molar-refractivity contribution is 0.0668. The molecule has 1 spiro atoms. The highest BCUT2D eigenvalue weighted by Gasteiger charge is 2.43. The molecule has 0 N–H and O–H groups in total. The molecule has 1 aromatic carbocycles. The van der Waals surface area contributed by atoms with Crippen LogP contribution in [0.25, 0.3) is 0 Å². The van der Waals surface area contributed by atoms with Crippen molar-refractivity contribution in [1.29, 1.82) is 0 Å². The van der Waals surface area contributed by atoms with E-state index >= 15 is 0 Å². The lowest BCUT2D eigenvalue weighted by Gasteiger charge is -2.40. The van der Waals surface area contributed by atoms with Crippen molar-refractivity contribution in [3.8, 4) is 5.75 Å². The minimum atomic E-state index is -0.202.